The van der Waals surface area contributed by atoms with E-state index >= 15 is 0 Å². The van der Waals surface area contributed by atoms with Crippen molar-refractivity contribution < 1.29 is 9.53 Å². The van der Waals surface area contributed by atoms with Crippen LogP contribution in [0.4, 0.5) is 5.69 Å². The molecule has 118 valence electrons. The predicted molar refractivity (Wildman–Crippen MR) is 88.6 cm³/mol. The molecule has 0 spiro atoms. The van der Waals surface area contributed by atoms with Crippen molar-refractivity contribution >= 4 is 34.5 Å². The quantitative estimate of drug-likeness (QED) is 0.552. The maximum absolute atomic E-state index is 12.3. The molecule has 3 rings (SSSR count). The third-order valence-corrected chi connectivity index (χ3v) is 4.28. The van der Waals surface area contributed by atoms with Crippen LogP contribution in [0.1, 0.15) is 6.92 Å². The van der Waals surface area contributed by atoms with E-state index in [2.05, 4.69) is 25.3 Å². The number of rotatable bonds is 5. The molecule has 1 amide bonds. The molecule has 3 aromatic rings. The number of hydrogen-bond donors (Lipinski definition) is 2. The minimum Gasteiger partial charge on any atom is -0.497 e. The minimum atomic E-state index is -0.331. The first-order chi connectivity index (χ1) is 11.2. The van der Waals surface area contributed by atoms with E-state index in [9.17, 15) is 4.79 Å². The fraction of sp³-hybridized carbons (Fsp3) is 0.200. The smallest absolute Gasteiger partial charge is 0.237 e. The summed E-state index contributed by atoms with van der Waals surface area (Å²) >= 11 is 1.35. The molecule has 0 fully saturated rings. The fourth-order valence-electron chi connectivity index (χ4n) is 2.00. The maximum atomic E-state index is 12.3. The normalized spacial score (nSPS) is 12.1. The number of H-pyrrole nitrogens is 1. The molecule has 1 atom stereocenters. The van der Waals surface area contributed by atoms with Crippen molar-refractivity contribution in [1.82, 2.24) is 19.9 Å². The number of aromatic nitrogens is 4. The SMILES string of the molecule is COc1cccc(NC(=O)[C@H](C)Sc2ncnc3nc[nH]c23)c1. The molecule has 2 aromatic heterocycles. The number of thioether (sulfide) groups is 1. The average Bonchev–Trinajstić information content (AvgIpc) is 3.04. The van der Waals surface area contributed by atoms with E-state index in [0.29, 0.717) is 22.1 Å². The van der Waals surface area contributed by atoms with Gasteiger partial charge in [-0.05, 0) is 19.1 Å². The molecule has 1 aromatic carbocycles. The molecule has 0 saturated heterocycles. The molecule has 2 heterocycles. The van der Waals surface area contributed by atoms with E-state index in [1.54, 1.807) is 19.5 Å². The molecule has 0 bridgehead atoms. The number of hydrogen-bond acceptors (Lipinski definition) is 6. The molecule has 0 unspecified atom stereocenters. The third kappa shape index (κ3) is 3.42. The van der Waals surface area contributed by atoms with Gasteiger partial charge in [-0.15, -0.1) is 0 Å². The molecule has 0 aliphatic heterocycles. The van der Waals surface area contributed by atoms with E-state index in [0.717, 1.165) is 5.52 Å². The Morgan fingerprint density at radius 3 is 3.04 bits per heavy atom. The van der Waals surface area contributed by atoms with Gasteiger partial charge in [0.05, 0.1) is 18.7 Å². The van der Waals surface area contributed by atoms with E-state index in [-0.39, 0.29) is 11.2 Å². The summed E-state index contributed by atoms with van der Waals surface area (Å²) in [4.78, 5) is 27.7. The van der Waals surface area contributed by atoms with Gasteiger partial charge in [0.1, 0.15) is 22.6 Å². The van der Waals surface area contributed by atoms with Gasteiger partial charge < -0.3 is 15.0 Å². The number of imidazole rings is 1. The number of anilines is 1. The van der Waals surface area contributed by atoms with Crippen molar-refractivity contribution in [2.75, 3.05) is 12.4 Å². The Morgan fingerprint density at radius 2 is 2.22 bits per heavy atom. The van der Waals surface area contributed by atoms with Gasteiger partial charge in [-0.1, -0.05) is 17.8 Å². The highest BCUT2D eigenvalue weighted by Gasteiger charge is 2.18. The zero-order chi connectivity index (χ0) is 16.2. The number of aromatic amines is 1. The van der Waals surface area contributed by atoms with Crippen molar-refractivity contribution in [3.05, 3.63) is 36.9 Å². The second-order valence-corrected chi connectivity index (χ2v) is 6.09. The van der Waals surface area contributed by atoms with Gasteiger partial charge >= 0.3 is 0 Å². The first-order valence-electron chi connectivity index (χ1n) is 6.93. The number of nitrogens with one attached hydrogen (secondary N) is 2. The summed E-state index contributed by atoms with van der Waals surface area (Å²) in [6.45, 7) is 1.82. The Labute approximate surface area is 136 Å². The molecule has 0 radical (unpaired) electrons. The highest BCUT2D eigenvalue weighted by molar-refractivity contribution is 8.00. The molecule has 7 nitrogen and oxygen atoms in total. The Morgan fingerprint density at radius 1 is 1.35 bits per heavy atom. The van der Waals surface area contributed by atoms with Crippen molar-refractivity contribution in [1.29, 1.82) is 0 Å². The van der Waals surface area contributed by atoms with Gasteiger partial charge in [-0.25, -0.2) is 15.0 Å². The first kappa shape index (κ1) is 15.3. The molecule has 2 N–H and O–H groups in total. The van der Waals surface area contributed by atoms with Crippen LogP contribution in [-0.2, 0) is 4.79 Å². The van der Waals surface area contributed by atoms with Crippen LogP contribution in [0, 0.1) is 0 Å². The lowest BCUT2D eigenvalue weighted by Crippen LogP contribution is -2.22. The Hall–Kier alpha value is -2.61. The van der Waals surface area contributed by atoms with E-state index in [4.69, 9.17) is 4.74 Å². The summed E-state index contributed by atoms with van der Waals surface area (Å²) < 4.78 is 5.15. The summed E-state index contributed by atoms with van der Waals surface area (Å²) in [5.74, 6) is 0.576. The number of carbonyl (C=O) groups is 1. The Balaban J connectivity index is 1.71. The van der Waals surface area contributed by atoms with Gasteiger partial charge in [0.25, 0.3) is 0 Å². The number of fused-ring (bicyclic) bond motifs is 1. The molecule has 0 aliphatic rings. The van der Waals surface area contributed by atoms with Crippen LogP contribution >= 0.6 is 11.8 Å². The van der Waals surface area contributed by atoms with Gasteiger partial charge in [0.15, 0.2) is 5.65 Å². The topological polar surface area (TPSA) is 92.8 Å². The van der Waals surface area contributed by atoms with Crippen LogP contribution < -0.4 is 10.1 Å². The van der Waals surface area contributed by atoms with Crippen molar-refractivity contribution in [3.63, 3.8) is 0 Å². The average molecular weight is 329 g/mol. The second kappa shape index (κ2) is 6.66. The maximum Gasteiger partial charge on any atom is 0.237 e. The van der Waals surface area contributed by atoms with Crippen molar-refractivity contribution in [2.45, 2.75) is 17.2 Å². The Kier molecular flexibility index (Phi) is 4.42. The van der Waals surface area contributed by atoms with Crippen LogP contribution in [0.2, 0.25) is 0 Å². The summed E-state index contributed by atoms with van der Waals surface area (Å²) in [6.07, 6.45) is 3.00. The molecular weight excluding hydrogens is 314 g/mol. The van der Waals surface area contributed by atoms with Gasteiger partial charge in [0.2, 0.25) is 5.91 Å². The predicted octanol–water partition coefficient (Wildman–Crippen LogP) is 2.48. The van der Waals surface area contributed by atoms with Crippen LogP contribution in [0.25, 0.3) is 11.2 Å². The number of benzene rings is 1. The number of ether oxygens (including phenoxy) is 1. The highest BCUT2D eigenvalue weighted by atomic mass is 32.2. The van der Waals surface area contributed by atoms with Crippen molar-refractivity contribution in [3.8, 4) is 5.75 Å². The lowest BCUT2D eigenvalue weighted by atomic mass is 10.3. The summed E-state index contributed by atoms with van der Waals surface area (Å²) in [5, 5.41) is 3.23. The lowest BCUT2D eigenvalue weighted by molar-refractivity contribution is -0.115. The van der Waals surface area contributed by atoms with Crippen LogP contribution in [0.15, 0.2) is 41.9 Å². The summed E-state index contributed by atoms with van der Waals surface area (Å²) in [6, 6.07) is 7.23. The number of methoxy groups -OCH3 is 1. The Bertz CT molecular complexity index is 835. The van der Waals surface area contributed by atoms with Gasteiger partial charge in [-0.2, -0.15) is 0 Å². The van der Waals surface area contributed by atoms with E-state index < -0.39 is 0 Å². The number of nitrogens with zero attached hydrogens (tertiary/aromatic N) is 3. The molecule has 23 heavy (non-hydrogen) atoms. The molecule has 0 aliphatic carbocycles. The molecular formula is C15H15N5O2S. The summed E-state index contributed by atoms with van der Waals surface area (Å²) in [5.41, 5.74) is 2.01. The zero-order valence-electron chi connectivity index (χ0n) is 12.6. The lowest BCUT2D eigenvalue weighted by Gasteiger charge is -2.12. The minimum absolute atomic E-state index is 0.116. The van der Waals surface area contributed by atoms with Gasteiger partial charge in [-0.3, -0.25) is 4.79 Å². The number of carbonyl (C=O) groups excluding carboxylic acids is 1. The zero-order valence-corrected chi connectivity index (χ0v) is 13.4. The van der Waals surface area contributed by atoms with Crippen LogP contribution in [-0.4, -0.2) is 38.2 Å². The highest BCUT2D eigenvalue weighted by Crippen LogP contribution is 2.27. The third-order valence-electron chi connectivity index (χ3n) is 3.18. The van der Waals surface area contributed by atoms with E-state index in [1.165, 1.54) is 18.1 Å². The second-order valence-electron chi connectivity index (χ2n) is 4.76. The first-order valence-corrected chi connectivity index (χ1v) is 7.81. The molecule has 8 heteroatoms. The van der Waals surface area contributed by atoms with Crippen LogP contribution in [0.3, 0.4) is 0 Å². The van der Waals surface area contributed by atoms with Crippen LogP contribution in [0.5, 0.6) is 5.75 Å². The monoisotopic (exact) mass is 329 g/mol. The van der Waals surface area contributed by atoms with E-state index in [1.807, 2.05) is 25.1 Å². The van der Waals surface area contributed by atoms with Crippen molar-refractivity contribution in [2.24, 2.45) is 0 Å². The summed E-state index contributed by atoms with van der Waals surface area (Å²) in [7, 11) is 1.59. The standard InChI is InChI=1S/C15H15N5O2S/c1-9(14(21)20-10-4-3-5-11(6-10)22-2)23-15-12-13(17-7-16-12)18-8-19-15/h3-9H,1-2H3,(H,20,21)(H,16,17,18,19)/t9-/m0/s1. The molecule has 0 saturated carbocycles. The fourth-order valence-corrected chi connectivity index (χ4v) is 2.87. The number of amides is 1. The van der Waals surface area contributed by atoms with Gasteiger partial charge in [0, 0.05) is 11.8 Å². The largest absolute Gasteiger partial charge is 0.497 e.